The van der Waals surface area contributed by atoms with Gasteiger partial charge >= 0.3 is 0 Å². The maximum atomic E-state index is 9.17. The molecule has 0 spiro atoms. The Hall–Kier alpha value is -1.39. The van der Waals surface area contributed by atoms with Gasteiger partial charge in [-0.3, -0.25) is 0 Å². The van der Waals surface area contributed by atoms with Gasteiger partial charge in [-0.25, -0.2) is 4.98 Å². The second kappa shape index (κ2) is 5.29. The Morgan fingerprint density at radius 2 is 1.88 bits per heavy atom. The summed E-state index contributed by atoms with van der Waals surface area (Å²) in [4.78, 5) is 5.69. The van der Waals surface area contributed by atoms with Gasteiger partial charge in [0, 0.05) is 18.0 Å². The van der Waals surface area contributed by atoms with Crippen LogP contribution in [0.25, 0.3) is 0 Å². The first kappa shape index (κ1) is 12.1. The van der Waals surface area contributed by atoms with E-state index in [4.69, 9.17) is 0 Å². The van der Waals surface area contributed by atoms with Crippen molar-refractivity contribution in [3.05, 3.63) is 45.4 Å². The first-order valence-corrected chi connectivity index (χ1v) is 6.38. The molecule has 0 radical (unpaired) electrons. The minimum absolute atomic E-state index is 0.308. The number of phenols is 1. The van der Waals surface area contributed by atoms with Crippen molar-refractivity contribution in [2.24, 2.45) is 0 Å². The molecule has 0 aliphatic heterocycles. The van der Waals surface area contributed by atoms with E-state index in [0.717, 1.165) is 23.8 Å². The van der Waals surface area contributed by atoms with E-state index < -0.39 is 0 Å². The summed E-state index contributed by atoms with van der Waals surface area (Å²) >= 11 is 1.74. The highest BCUT2D eigenvalue weighted by Crippen LogP contribution is 2.17. The second-order valence-electron chi connectivity index (χ2n) is 4.01. The number of aromatic nitrogens is 1. The van der Waals surface area contributed by atoms with Gasteiger partial charge in [0.1, 0.15) is 5.75 Å². The molecule has 0 saturated heterocycles. The lowest BCUT2D eigenvalue weighted by Crippen LogP contribution is -2.12. The lowest BCUT2D eigenvalue weighted by molar-refractivity contribution is 0.475. The van der Waals surface area contributed by atoms with Gasteiger partial charge < -0.3 is 10.4 Å². The molecule has 2 rings (SSSR count). The number of thiazole rings is 1. The van der Waals surface area contributed by atoms with Crippen LogP contribution in [0.15, 0.2) is 24.3 Å². The van der Waals surface area contributed by atoms with Crippen molar-refractivity contribution < 1.29 is 5.11 Å². The molecule has 0 atom stereocenters. The molecule has 1 aromatic heterocycles. The molecule has 0 bridgehead atoms. The Morgan fingerprint density at radius 3 is 2.47 bits per heavy atom. The van der Waals surface area contributed by atoms with Gasteiger partial charge in [0.15, 0.2) is 0 Å². The van der Waals surface area contributed by atoms with Crippen LogP contribution < -0.4 is 5.32 Å². The molecular formula is C13H16N2OS. The molecule has 0 fully saturated rings. The average Bonchev–Trinajstić information content (AvgIpc) is 2.60. The zero-order valence-electron chi connectivity index (χ0n) is 10.0. The summed E-state index contributed by atoms with van der Waals surface area (Å²) in [5, 5.41) is 13.7. The Morgan fingerprint density at radius 1 is 1.18 bits per heavy atom. The van der Waals surface area contributed by atoms with Crippen molar-refractivity contribution in [2.45, 2.75) is 26.9 Å². The van der Waals surface area contributed by atoms with E-state index in [2.05, 4.69) is 10.3 Å². The Balaban J connectivity index is 1.87. The number of rotatable bonds is 4. The summed E-state index contributed by atoms with van der Waals surface area (Å²) in [7, 11) is 0. The van der Waals surface area contributed by atoms with E-state index in [1.165, 1.54) is 10.4 Å². The molecule has 0 aliphatic rings. The normalized spacial score (nSPS) is 10.7. The number of aromatic hydroxyl groups is 1. The average molecular weight is 248 g/mol. The lowest BCUT2D eigenvalue weighted by Gasteiger charge is -2.04. The third-order valence-corrected chi connectivity index (χ3v) is 3.62. The summed E-state index contributed by atoms with van der Waals surface area (Å²) in [6.07, 6.45) is 0. The second-order valence-corrected chi connectivity index (χ2v) is 5.30. The number of nitrogens with zero attached hydrogens (tertiary/aromatic N) is 1. The van der Waals surface area contributed by atoms with Gasteiger partial charge in [-0.2, -0.15) is 0 Å². The highest BCUT2D eigenvalue weighted by atomic mass is 32.1. The number of hydrogen-bond acceptors (Lipinski definition) is 4. The van der Waals surface area contributed by atoms with Crippen molar-refractivity contribution in [1.29, 1.82) is 0 Å². The predicted octanol–water partition coefficient (Wildman–Crippen LogP) is 2.76. The third-order valence-electron chi connectivity index (χ3n) is 2.55. The van der Waals surface area contributed by atoms with Crippen LogP contribution in [-0.2, 0) is 13.1 Å². The number of aryl methyl sites for hydroxylation is 2. The molecule has 0 unspecified atom stereocenters. The maximum absolute atomic E-state index is 9.17. The molecule has 2 aromatic rings. The van der Waals surface area contributed by atoms with Crippen molar-refractivity contribution in [1.82, 2.24) is 10.3 Å². The largest absolute Gasteiger partial charge is 0.508 e. The van der Waals surface area contributed by atoms with Gasteiger partial charge in [0.05, 0.1) is 10.7 Å². The first-order chi connectivity index (χ1) is 8.15. The topological polar surface area (TPSA) is 45.2 Å². The van der Waals surface area contributed by atoms with Crippen LogP contribution in [-0.4, -0.2) is 10.1 Å². The molecule has 0 amide bonds. The van der Waals surface area contributed by atoms with Gasteiger partial charge in [-0.15, -0.1) is 11.3 Å². The summed E-state index contributed by atoms with van der Waals surface area (Å²) in [6, 6.07) is 7.26. The zero-order chi connectivity index (χ0) is 12.3. The molecular weight excluding hydrogens is 232 g/mol. The third kappa shape index (κ3) is 3.28. The van der Waals surface area contributed by atoms with Gasteiger partial charge in [0.2, 0.25) is 0 Å². The van der Waals surface area contributed by atoms with Gasteiger partial charge in [0.25, 0.3) is 0 Å². The molecule has 1 heterocycles. The quantitative estimate of drug-likeness (QED) is 0.874. The maximum Gasteiger partial charge on any atom is 0.115 e. The summed E-state index contributed by atoms with van der Waals surface area (Å²) < 4.78 is 0. The summed E-state index contributed by atoms with van der Waals surface area (Å²) in [5.74, 6) is 0.308. The minimum atomic E-state index is 0.308. The van der Waals surface area contributed by atoms with E-state index in [1.807, 2.05) is 26.0 Å². The lowest BCUT2D eigenvalue weighted by atomic mass is 10.2. The van der Waals surface area contributed by atoms with E-state index in [1.54, 1.807) is 23.5 Å². The summed E-state index contributed by atoms with van der Waals surface area (Å²) in [6.45, 7) is 5.72. The predicted molar refractivity (Wildman–Crippen MR) is 70.2 cm³/mol. The number of benzene rings is 1. The van der Waals surface area contributed by atoms with Crippen LogP contribution in [0.1, 0.15) is 21.1 Å². The SMILES string of the molecule is Cc1nc(C)c(CNCc2ccc(O)cc2)s1. The molecule has 3 nitrogen and oxygen atoms in total. The van der Waals surface area contributed by atoms with E-state index in [0.29, 0.717) is 5.75 Å². The Bertz CT molecular complexity index is 491. The van der Waals surface area contributed by atoms with Crippen LogP contribution in [0.5, 0.6) is 5.75 Å². The molecule has 0 saturated carbocycles. The van der Waals surface area contributed by atoms with Crippen LogP contribution in [0.4, 0.5) is 0 Å². The Kier molecular flexibility index (Phi) is 3.76. The standard InChI is InChI=1S/C13H16N2OS/c1-9-13(17-10(2)15-9)8-14-7-11-3-5-12(16)6-4-11/h3-6,14,16H,7-8H2,1-2H3. The highest BCUT2D eigenvalue weighted by Gasteiger charge is 2.03. The van der Waals surface area contributed by atoms with E-state index in [9.17, 15) is 5.11 Å². The molecule has 4 heteroatoms. The zero-order valence-corrected chi connectivity index (χ0v) is 10.8. The molecule has 1 aromatic carbocycles. The molecule has 90 valence electrons. The van der Waals surface area contributed by atoms with Gasteiger partial charge in [-0.05, 0) is 31.5 Å². The van der Waals surface area contributed by atoms with Crippen molar-refractivity contribution >= 4 is 11.3 Å². The van der Waals surface area contributed by atoms with Crippen LogP contribution >= 0.6 is 11.3 Å². The number of phenolic OH excluding ortho intramolecular Hbond substituents is 1. The molecule has 0 aliphatic carbocycles. The monoisotopic (exact) mass is 248 g/mol. The molecule has 17 heavy (non-hydrogen) atoms. The van der Waals surface area contributed by atoms with Crippen molar-refractivity contribution in [3.8, 4) is 5.75 Å². The fourth-order valence-electron chi connectivity index (χ4n) is 1.67. The van der Waals surface area contributed by atoms with Crippen LogP contribution in [0.2, 0.25) is 0 Å². The minimum Gasteiger partial charge on any atom is -0.508 e. The van der Waals surface area contributed by atoms with E-state index >= 15 is 0 Å². The first-order valence-electron chi connectivity index (χ1n) is 5.56. The number of hydrogen-bond donors (Lipinski definition) is 2. The van der Waals surface area contributed by atoms with E-state index in [-0.39, 0.29) is 0 Å². The number of nitrogens with one attached hydrogen (secondary N) is 1. The molecule has 2 N–H and O–H groups in total. The van der Waals surface area contributed by atoms with Gasteiger partial charge in [-0.1, -0.05) is 12.1 Å². The fraction of sp³-hybridized carbons (Fsp3) is 0.308. The van der Waals surface area contributed by atoms with Crippen molar-refractivity contribution in [2.75, 3.05) is 0 Å². The van der Waals surface area contributed by atoms with Crippen LogP contribution in [0.3, 0.4) is 0 Å². The fourth-order valence-corrected chi connectivity index (χ4v) is 2.58. The Labute approximate surface area is 105 Å². The van der Waals surface area contributed by atoms with Crippen LogP contribution in [0, 0.1) is 13.8 Å². The van der Waals surface area contributed by atoms with Crippen molar-refractivity contribution in [3.63, 3.8) is 0 Å². The smallest absolute Gasteiger partial charge is 0.115 e. The highest BCUT2D eigenvalue weighted by molar-refractivity contribution is 7.11. The summed E-state index contributed by atoms with van der Waals surface area (Å²) in [5.41, 5.74) is 2.28.